The summed E-state index contributed by atoms with van der Waals surface area (Å²) in [6.07, 6.45) is 0. The Balaban J connectivity index is 1.73. The fraction of sp³-hybridized carbons (Fsp3) is 0.235. The topological polar surface area (TPSA) is 70.7 Å². The largest absolute Gasteiger partial charge is 0.379 e. The van der Waals surface area contributed by atoms with E-state index >= 15 is 0 Å². The van der Waals surface area contributed by atoms with Crippen molar-refractivity contribution in [2.24, 2.45) is 0 Å². The molecule has 0 amide bonds. The third kappa shape index (κ3) is 4.90. The number of sulfonamides is 1. The van der Waals surface area contributed by atoms with Crippen LogP contribution in [0.5, 0.6) is 0 Å². The molecule has 1 aliphatic heterocycles. The summed E-state index contributed by atoms with van der Waals surface area (Å²) >= 11 is 17.4. The van der Waals surface area contributed by atoms with Crippen molar-refractivity contribution in [1.29, 1.82) is 0 Å². The molecule has 2 aromatic rings. The molecule has 0 spiro atoms. The number of morpholine rings is 1. The van der Waals surface area contributed by atoms with Gasteiger partial charge in [0.2, 0.25) is 10.0 Å². The van der Waals surface area contributed by atoms with E-state index in [9.17, 15) is 8.42 Å². The van der Waals surface area contributed by atoms with Crippen molar-refractivity contribution < 1.29 is 13.2 Å². The lowest BCUT2D eigenvalue weighted by atomic mass is 10.3. The van der Waals surface area contributed by atoms with Crippen LogP contribution in [-0.2, 0) is 14.8 Å². The Morgan fingerprint density at radius 1 is 1.07 bits per heavy atom. The van der Waals surface area contributed by atoms with Crippen molar-refractivity contribution >= 4 is 61.9 Å². The maximum absolute atomic E-state index is 12.8. The monoisotopic (exact) mass is 445 g/mol. The van der Waals surface area contributed by atoms with E-state index in [1.807, 2.05) is 0 Å². The molecule has 0 bridgehead atoms. The molecule has 0 saturated carbocycles. The van der Waals surface area contributed by atoms with Crippen molar-refractivity contribution in [3.8, 4) is 0 Å². The highest BCUT2D eigenvalue weighted by atomic mass is 35.5. The van der Waals surface area contributed by atoms with Crippen LogP contribution in [0.1, 0.15) is 0 Å². The minimum absolute atomic E-state index is 0.193. The van der Waals surface area contributed by atoms with Crippen LogP contribution in [0.3, 0.4) is 0 Å². The Labute approximate surface area is 173 Å². The molecule has 6 nitrogen and oxygen atoms in total. The SMILES string of the molecule is O=S(=O)(c1cccc(NC(=S)Nc2cccc(Cl)c2Cl)c1)N1CCOCC1. The van der Waals surface area contributed by atoms with Gasteiger partial charge in [0.05, 0.1) is 33.8 Å². The van der Waals surface area contributed by atoms with Crippen LogP contribution in [0.4, 0.5) is 11.4 Å². The maximum Gasteiger partial charge on any atom is 0.243 e. The Hall–Kier alpha value is -1.42. The first kappa shape index (κ1) is 20.3. The Kier molecular flexibility index (Phi) is 6.56. The van der Waals surface area contributed by atoms with Crippen LogP contribution in [0.2, 0.25) is 10.0 Å². The van der Waals surface area contributed by atoms with Crippen LogP contribution < -0.4 is 10.6 Å². The summed E-state index contributed by atoms with van der Waals surface area (Å²) in [6.45, 7) is 1.47. The molecule has 2 aromatic carbocycles. The van der Waals surface area contributed by atoms with Gasteiger partial charge in [-0.3, -0.25) is 0 Å². The second-order valence-electron chi connectivity index (χ2n) is 5.72. The average molecular weight is 446 g/mol. The molecule has 2 N–H and O–H groups in total. The van der Waals surface area contributed by atoms with E-state index in [4.69, 9.17) is 40.2 Å². The third-order valence-electron chi connectivity index (χ3n) is 3.90. The number of hydrogen-bond acceptors (Lipinski definition) is 4. The number of nitrogens with zero attached hydrogens (tertiary/aromatic N) is 1. The Morgan fingerprint density at radius 3 is 2.52 bits per heavy atom. The van der Waals surface area contributed by atoms with Crippen molar-refractivity contribution in [1.82, 2.24) is 4.31 Å². The molecule has 1 heterocycles. The molecule has 0 radical (unpaired) electrons. The molecule has 1 saturated heterocycles. The zero-order valence-electron chi connectivity index (χ0n) is 14.1. The van der Waals surface area contributed by atoms with E-state index < -0.39 is 10.0 Å². The predicted octanol–water partition coefficient (Wildman–Crippen LogP) is 3.82. The first-order chi connectivity index (χ1) is 12.9. The number of hydrogen-bond donors (Lipinski definition) is 2. The smallest absolute Gasteiger partial charge is 0.243 e. The van der Waals surface area contributed by atoms with E-state index in [0.29, 0.717) is 47.7 Å². The molecule has 144 valence electrons. The van der Waals surface area contributed by atoms with E-state index in [2.05, 4.69) is 10.6 Å². The van der Waals surface area contributed by atoms with E-state index in [1.54, 1.807) is 42.5 Å². The van der Waals surface area contributed by atoms with Gasteiger partial charge in [0, 0.05) is 18.8 Å². The summed E-state index contributed by atoms with van der Waals surface area (Å²) in [5.74, 6) is 0. The van der Waals surface area contributed by atoms with Crippen molar-refractivity contribution in [3.63, 3.8) is 0 Å². The molecule has 10 heteroatoms. The quantitative estimate of drug-likeness (QED) is 0.696. The molecule has 0 aliphatic carbocycles. The zero-order chi connectivity index (χ0) is 19.4. The molecule has 1 fully saturated rings. The summed E-state index contributed by atoms with van der Waals surface area (Å²) < 4.78 is 32.2. The first-order valence-corrected chi connectivity index (χ1v) is 10.7. The highest BCUT2D eigenvalue weighted by Crippen LogP contribution is 2.29. The minimum atomic E-state index is -3.58. The van der Waals surface area contributed by atoms with Crippen LogP contribution in [0.25, 0.3) is 0 Å². The average Bonchev–Trinajstić information content (AvgIpc) is 2.66. The Morgan fingerprint density at radius 2 is 1.78 bits per heavy atom. The zero-order valence-corrected chi connectivity index (χ0v) is 17.3. The van der Waals surface area contributed by atoms with Crippen molar-refractivity contribution in [2.75, 3.05) is 36.9 Å². The normalized spacial score (nSPS) is 15.3. The van der Waals surface area contributed by atoms with Gasteiger partial charge in [-0.15, -0.1) is 0 Å². The van der Waals surface area contributed by atoms with Crippen LogP contribution in [0.15, 0.2) is 47.4 Å². The number of rotatable bonds is 4. The highest BCUT2D eigenvalue weighted by molar-refractivity contribution is 7.89. The van der Waals surface area contributed by atoms with Gasteiger partial charge in [-0.25, -0.2) is 8.42 Å². The standard InChI is InChI=1S/C17H17Cl2N3O3S2/c18-14-5-2-6-15(16(14)19)21-17(26)20-12-3-1-4-13(11-12)27(23,24)22-7-9-25-10-8-22/h1-6,11H,7-10H2,(H2,20,21,26). The molecule has 0 atom stereocenters. The lowest BCUT2D eigenvalue weighted by Gasteiger charge is -2.26. The number of halogens is 2. The number of anilines is 2. The number of ether oxygens (including phenoxy) is 1. The fourth-order valence-corrected chi connectivity index (χ4v) is 4.59. The predicted molar refractivity (Wildman–Crippen MR) is 112 cm³/mol. The third-order valence-corrected chi connectivity index (χ3v) is 6.82. The molecular weight excluding hydrogens is 429 g/mol. The van der Waals surface area contributed by atoms with E-state index in [-0.39, 0.29) is 10.0 Å². The molecule has 27 heavy (non-hydrogen) atoms. The second-order valence-corrected chi connectivity index (χ2v) is 8.86. The highest BCUT2D eigenvalue weighted by Gasteiger charge is 2.26. The summed E-state index contributed by atoms with van der Waals surface area (Å²) in [6, 6.07) is 11.6. The van der Waals surface area contributed by atoms with Crippen LogP contribution in [0, 0.1) is 0 Å². The molecule has 0 aromatic heterocycles. The van der Waals surface area contributed by atoms with Gasteiger partial charge in [0.25, 0.3) is 0 Å². The fourth-order valence-electron chi connectivity index (χ4n) is 2.56. The summed E-state index contributed by atoms with van der Waals surface area (Å²) in [4.78, 5) is 0.193. The lowest BCUT2D eigenvalue weighted by Crippen LogP contribution is -2.40. The lowest BCUT2D eigenvalue weighted by molar-refractivity contribution is 0.0730. The Bertz CT molecular complexity index is 948. The summed E-state index contributed by atoms with van der Waals surface area (Å²) in [7, 11) is -3.58. The van der Waals surface area contributed by atoms with Gasteiger partial charge < -0.3 is 15.4 Å². The molecule has 0 unspecified atom stereocenters. The van der Waals surface area contributed by atoms with Crippen LogP contribution >= 0.6 is 35.4 Å². The number of thiocarbonyl (C=S) groups is 1. The van der Waals surface area contributed by atoms with Crippen LogP contribution in [-0.4, -0.2) is 44.1 Å². The minimum Gasteiger partial charge on any atom is -0.379 e. The molecular formula is C17H17Cl2N3O3S2. The van der Waals surface area contributed by atoms with Crippen molar-refractivity contribution in [2.45, 2.75) is 4.90 Å². The maximum atomic E-state index is 12.8. The van der Waals surface area contributed by atoms with Gasteiger partial charge in [-0.05, 0) is 42.5 Å². The summed E-state index contributed by atoms with van der Waals surface area (Å²) in [5, 5.41) is 6.94. The molecule has 1 aliphatic rings. The molecule has 3 rings (SSSR count). The van der Waals surface area contributed by atoms with E-state index in [1.165, 1.54) is 4.31 Å². The summed E-state index contributed by atoms with van der Waals surface area (Å²) in [5.41, 5.74) is 1.10. The first-order valence-electron chi connectivity index (χ1n) is 8.08. The van der Waals surface area contributed by atoms with Gasteiger partial charge >= 0.3 is 0 Å². The second kappa shape index (κ2) is 8.72. The van der Waals surface area contributed by atoms with Gasteiger partial charge in [0.15, 0.2) is 5.11 Å². The van der Waals surface area contributed by atoms with E-state index in [0.717, 1.165) is 0 Å². The number of nitrogens with one attached hydrogen (secondary N) is 2. The van der Waals surface area contributed by atoms with Gasteiger partial charge in [-0.1, -0.05) is 35.3 Å². The van der Waals surface area contributed by atoms with Gasteiger partial charge in [-0.2, -0.15) is 4.31 Å². The van der Waals surface area contributed by atoms with Crippen molar-refractivity contribution in [3.05, 3.63) is 52.5 Å². The van der Waals surface area contributed by atoms with Gasteiger partial charge in [0.1, 0.15) is 0 Å². The number of benzene rings is 2.